The van der Waals surface area contributed by atoms with E-state index in [4.69, 9.17) is 9.47 Å². The average molecular weight is 436 g/mol. The molecule has 1 N–H and O–H groups in total. The van der Waals surface area contributed by atoms with Gasteiger partial charge >= 0.3 is 5.97 Å². The van der Waals surface area contributed by atoms with E-state index in [-0.39, 0.29) is 31.9 Å². The molecule has 0 saturated carbocycles. The van der Waals surface area contributed by atoms with Gasteiger partial charge in [0.25, 0.3) is 5.91 Å². The highest BCUT2D eigenvalue weighted by Gasteiger charge is 2.30. The quantitative estimate of drug-likeness (QED) is 0.696. The Morgan fingerprint density at radius 1 is 1.13 bits per heavy atom. The Bertz CT molecular complexity index is 1020. The average Bonchev–Trinajstić information content (AvgIpc) is 2.75. The Hall–Kier alpha value is -2.82. The van der Waals surface area contributed by atoms with Crippen molar-refractivity contribution in [2.45, 2.75) is 17.9 Å². The SMILES string of the molecule is CC(OC(=O)c1ccc(F)c(S(=O)(=O)N2CCOCC2)c1)C(=O)Nc1ccccc1. The van der Waals surface area contributed by atoms with E-state index in [1.807, 2.05) is 0 Å². The summed E-state index contributed by atoms with van der Waals surface area (Å²) in [5.74, 6) is -2.48. The van der Waals surface area contributed by atoms with Crippen LogP contribution in [0.3, 0.4) is 0 Å². The van der Waals surface area contributed by atoms with Crippen molar-refractivity contribution in [3.63, 3.8) is 0 Å². The summed E-state index contributed by atoms with van der Waals surface area (Å²) in [7, 11) is -4.14. The van der Waals surface area contributed by atoms with Gasteiger partial charge in [-0.05, 0) is 37.3 Å². The highest BCUT2D eigenvalue weighted by Crippen LogP contribution is 2.22. The van der Waals surface area contributed by atoms with Crippen LogP contribution in [0.25, 0.3) is 0 Å². The van der Waals surface area contributed by atoms with Gasteiger partial charge in [0.05, 0.1) is 18.8 Å². The Labute approximate surface area is 173 Å². The summed E-state index contributed by atoms with van der Waals surface area (Å²) in [4.78, 5) is 24.0. The fourth-order valence-corrected chi connectivity index (χ4v) is 4.30. The molecule has 0 bridgehead atoms. The van der Waals surface area contributed by atoms with Crippen molar-refractivity contribution in [2.24, 2.45) is 0 Å². The summed E-state index contributed by atoms with van der Waals surface area (Å²) < 4.78 is 51.1. The third kappa shape index (κ3) is 5.02. The number of hydrogen-bond donors (Lipinski definition) is 1. The molecule has 2 aromatic rings. The van der Waals surface area contributed by atoms with Gasteiger partial charge < -0.3 is 14.8 Å². The molecule has 30 heavy (non-hydrogen) atoms. The first-order valence-corrected chi connectivity index (χ1v) is 10.7. The van der Waals surface area contributed by atoms with Gasteiger partial charge in [-0.1, -0.05) is 18.2 Å². The predicted octanol–water partition coefficient (Wildman–Crippen LogP) is 2.03. The molecule has 1 atom stereocenters. The van der Waals surface area contributed by atoms with E-state index in [1.54, 1.807) is 30.3 Å². The zero-order valence-corrected chi connectivity index (χ0v) is 17.0. The molecule has 3 rings (SSSR count). The monoisotopic (exact) mass is 436 g/mol. The van der Waals surface area contributed by atoms with Crippen LogP contribution in [0.4, 0.5) is 10.1 Å². The van der Waals surface area contributed by atoms with Gasteiger partial charge in [0, 0.05) is 18.8 Å². The van der Waals surface area contributed by atoms with Crippen LogP contribution in [0.5, 0.6) is 0 Å². The summed E-state index contributed by atoms with van der Waals surface area (Å²) in [5.41, 5.74) is 0.355. The van der Waals surface area contributed by atoms with Crippen LogP contribution < -0.4 is 5.32 Å². The van der Waals surface area contributed by atoms with Gasteiger partial charge in [-0.25, -0.2) is 17.6 Å². The van der Waals surface area contributed by atoms with E-state index in [9.17, 15) is 22.4 Å². The standard InChI is InChI=1S/C20H21FN2O6S/c1-14(19(24)22-16-5-3-2-4-6-16)29-20(25)15-7-8-17(21)18(13-15)30(26,27)23-9-11-28-12-10-23/h2-8,13-14H,9-12H2,1H3,(H,22,24). The van der Waals surface area contributed by atoms with Crippen molar-refractivity contribution >= 4 is 27.6 Å². The number of rotatable bonds is 6. The molecule has 1 amide bonds. The van der Waals surface area contributed by atoms with E-state index in [2.05, 4.69) is 5.32 Å². The first kappa shape index (κ1) is 21.9. The molecule has 0 spiro atoms. The highest BCUT2D eigenvalue weighted by molar-refractivity contribution is 7.89. The molecule has 0 aliphatic carbocycles. The Balaban J connectivity index is 1.73. The van der Waals surface area contributed by atoms with Crippen molar-refractivity contribution in [1.29, 1.82) is 0 Å². The van der Waals surface area contributed by atoms with Crippen molar-refractivity contribution in [2.75, 3.05) is 31.6 Å². The van der Waals surface area contributed by atoms with E-state index < -0.39 is 38.7 Å². The van der Waals surface area contributed by atoms with Gasteiger partial charge in [-0.15, -0.1) is 0 Å². The first-order chi connectivity index (χ1) is 14.3. The van der Waals surface area contributed by atoms with Gasteiger partial charge in [0.2, 0.25) is 10.0 Å². The highest BCUT2D eigenvalue weighted by atomic mass is 32.2. The van der Waals surface area contributed by atoms with Crippen LogP contribution in [0.15, 0.2) is 53.4 Å². The lowest BCUT2D eigenvalue weighted by molar-refractivity contribution is -0.123. The molecule has 10 heteroatoms. The van der Waals surface area contributed by atoms with Gasteiger partial charge in [0.15, 0.2) is 6.10 Å². The lowest BCUT2D eigenvalue weighted by Crippen LogP contribution is -2.41. The summed E-state index contributed by atoms with van der Waals surface area (Å²) in [6.07, 6.45) is -1.15. The number of hydrogen-bond acceptors (Lipinski definition) is 6. The number of carbonyl (C=O) groups excluding carboxylic acids is 2. The number of para-hydroxylation sites is 1. The van der Waals surface area contributed by atoms with Crippen molar-refractivity contribution < 1.29 is 31.9 Å². The number of benzene rings is 2. The number of anilines is 1. The lowest BCUT2D eigenvalue weighted by Gasteiger charge is -2.26. The number of nitrogens with zero attached hydrogens (tertiary/aromatic N) is 1. The van der Waals surface area contributed by atoms with Crippen LogP contribution in [0, 0.1) is 5.82 Å². The zero-order valence-electron chi connectivity index (χ0n) is 16.2. The third-order valence-electron chi connectivity index (χ3n) is 4.45. The molecule has 1 aliphatic heterocycles. The molecular formula is C20H21FN2O6S. The van der Waals surface area contributed by atoms with Crippen molar-refractivity contribution in [3.05, 3.63) is 59.9 Å². The molecule has 8 nitrogen and oxygen atoms in total. The van der Waals surface area contributed by atoms with E-state index in [1.165, 1.54) is 6.92 Å². The maximum atomic E-state index is 14.3. The van der Waals surface area contributed by atoms with Crippen LogP contribution in [-0.4, -0.2) is 57.0 Å². The predicted molar refractivity (Wildman–Crippen MR) is 106 cm³/mol. The van der Waals surface area contributed by atoms with Crippen LogP contribution in [-0.2, 0) is 24.3 Å². The van der Waals surface area contributed by atoms with Gasteiger partial charge in [0.1, 0.15) is 10.7 Å². The van der Waals surface area contributed by atoms with E-state index >= 15 is 0 Å². The molecule has 2 aromatic carbocycles. The first-order valence-electron chi connectivity index (χ1n) is 9.23. The minimum absolute atomic E-state index is 0.0904. The lowest BCUT2D eigenvalue weighted by atomic mass is 10.2. The number of morpholine rings is 1. The topological polar surface area (TPSA) is 102 Å². The zero-order chi connectivity index (χ0) is 21.7. The largest absolute Gasteiger partial charge is 0.449 e. The molecular weight excluding hydrogens is 415 g/mol. The summed E-state index contributed by atoms with van der Waals surface area (Å²) in [5, 5.41) is 2.60. The Morgan fingerprint density at radius 2 is 1.80 bits per heavy atom. The molecule has 0 aromatic heterocycles. The smallest absolute Gasteiger partial charge is 0.338 e. The maximum absolute atomic E-state index is 14.3. The maximum Gasteiger partial charge on any atom is 0.338 e. The van der Waals surface area contributed by atoms with E-state index in [0.29, 0.717) is 5.69 Å². The number of nitrogens with one attached hydrogen (secondary N) is 1. The number of sulfonamides is 1. The van der Waals surface area contributed by atoms with Crippen molar-refractivity contribution in [3.8, 4) is 0 Å². The van der Waals surface area contributed by atoms with Crippen LogP contribution >= 0.6 is 0 Å². The van der Waals surface area contributed by atoms with E-state index in [0.717, 1.165) is 22.5 Å². The van der Waals surface area contributed by atoms with Gasteiger partial charge in [-0.2, -0.15) is 4.31 Å². The fourth-order valence-electron chi connectivity index (χ4n) is 2.80. The second kappa shape index (κ2) is 9.33. The molecule has 0 radical (unpaired) electrons. The minimum atomic E-state index is -4.14. The molecule has 1 unspecified atom stereocenters. The summed E-state index contributed by atoms with van der Waals surface area (Å²) in [6.45, 7) is 1.97. The molecule has 1 saturated heterocycles. The summed E-state index contributed by atoms with van der Waals surface area (Å²) >= 11 is 0. The normalized spacial score (nSPS) is 15.9. The molecule has 1 fully saturated rings. The second-order valence-electron chi connectivity index (χ2n) is 6.56. The number of ether oxygens (including phenoxy) is 2. The third-order valence-corrected chi connectivity index (χ3v) is 6.36. The number of amides is 1. The second-order valence-corrected chi connectivity index (χ2v) is 8.47. The van der Waals surface area contributed by atoms with Crippen molar-refractivity contribution in [1.82, 2.24) is 4.31 Å². The Morgan fingerprint density at radius 3 is 2.47 bits per heavy atom. The number of carbonyl (C=O) groups is 2. The fraction of sp³-hybridized carbons (Fsp3) is 0.300. The number of esters is 1. The van der Waals surface area contributed by atoms with Gasteiger partial charge in [-0.3, -0.25) is 4.79 Å². The minimum Gasteiger partial charge on any atom is -0.449 e. The molecule has 1 aliphatic rings. The number of halogens is 1. The molecule has 160 valence electrons. The van der Waals surface area contributed by atoms with Crippen LogP contribution in [0.1, 0.15) is 17.3 Å². The van der Waals surface area contributed by atoms with Crippen LogP contribution in [0.2, 0.25) is 0 Å². The summed E-state index contributed by atoms with van der Waals surface area (Å²) in [6, 6.07) is 11.5. The molecule has 1 heterocycles. The Kier molecular flexibility index (Phi) is 6.80.